The minimum Gasteiger partial charge on any atom is -0.457 e. The summed E-state index contributed by atoms with van der Waals surface area (Å²) in [6.07, 6.45) is 49.0. The van der Waals surface area contributed by atoms with E-state index < -0.39 is 13.9 Å². The third-order valence-electron chi connectivity index (χ3n) is 10.2. The zero-order valence-corrected chi connectivity index (χ0v) is 39.0. The number of phosphoric ester groups is 1. The molecule has 1 N–H and O–H groups in total. The predicted octanol–water partition coefficient (Wildman–Crippen LogP) is 14.2. The highest BCUT2D eigenvalue weighted by Gasteiger charge is 2.26. The van der Waals surface area contributed by atoms with Crippen molar-refractivity contribution in [3.63, 3.8) is 0 Å². The Kier molecular flexibility index (Phi) is 40.5. The van der Waals surface area contributed by atoms with Crippen molar-refractivity contribution >= 4 is 13.8 Å². The first kappa shape index (κ1) is 55.7. The van der Waals surface area contributed by atoms with Crippen LogP contribution in [0.3, 0.4) is 0 Å². The van der Waals surface area contributed by atoms with Crippen LogP contribution in [0.1, 0.15) is 206 Å². The van der Waals surface area contributed by atoms with Crippen molar-refractivity contribution in [2.45, 2.75) is 213 Å². The van der Waals surface area contributed by atoms with Gasteiger partial charge < -0.3 is 18.9 Å². The maximum Gasteiger partial charge on any atom is 0.472 e. The monoisotopic (exact) mass is 827 g/mol. The van der Waals surface area contributed by atoms with Gasteiger partial charge in [-0.2, -0.15) is 0 Å². The molecule has 0 bridgehead atoms. The van der Waals surface area contributed by atoms with Crippen LogP contribution in [-0.2, 0) is 27.9 Å². The van der Waals surface area contributed by atoms with Crippen LogP contribution in [0.15, 0.2) is 36.5 Å². The number of carbonyl (C=O) groups excluding carboxylic acids is 1. The van der Waals surface area contributed by atoms with Crippen molar-refractivity contribution in [3.05, 3.63) is 36.5 Å². The first-order chi connectivity index (χ1) is 27.6. The molecule has 0 saturated heterocycles. The molecular formula is C48H93NO7P+. The molecule has 0 saturated carbocycles. The smallest absolute Gasteiger partial charge is 0.457 e. The quantitative estimate of drug-likeness (QED) is 0.0215. The zero-order valence-electron chi connectivity index (χ0n) is 38.1. The second kappa shape index (κ2) is 41.5. The molecule has 0 heterocycles. The van der Waals surface area contributed by atoms with Gasteiger partial charge in [-0.1, -0.05) is 172 Å². The summed E-state index contributed by atoms with van der Waals surface area (Å²) in [6, 6.07) is 0. The van der Waals surface area contributed by atoms with E-state index in [4.69, 9.17) is 18.5 Å². The highest BCUT2D eigenvalue weighted by molar-refractivity contribution is 7.47. The minimum atomic E-state index is -4.28. The Hall–Kier alpha value is -1.28. The fourth-order valence-electron chi connectivity index (χ4n) is 6.47. The van der Waals surface area contributed by atoms with Gasteiger partial charge in [0.25, 0.3) is 0 Å². The Morgan fingerprint density at radius 1 is 0.544 bits per heavy atom. The van der Waals surface area contributed by atoms with Gasteiger partial charge in [-0.25, -0.2) is 4.57 Å². The zero-order chi connectivity index (χ0) is 42.0. The third-order valence-corrected chi connectivity index (χ3v) is 11.1. The number of likely N-dealkylation sites (N-methyl/N-ethyl adjacent to an activating group) is 1. The van der Waals surface area contributed by atoms with Gasteiger partial charge in [-0.15, -0.1) is 0 Å². The van der Waals surface area contributed by atoms with Crippen molar-refractivity contribution in [3.8, 4) is 0 Å². The van der Waals surface area contributed by atoms with Gasteiger partial charge in [-0.05, 0) is 64.2 Å². The van der Waals surface area contributed by atoms with Gasteiger partial charge in [0, 0.05) is 13.0 Å². The van der Waals surface area contributed by atoms with Gasteiger partial charge >= 0.3 is 13.8 Å². The average Bonchev–Trinajstić information content (AvgIpc) is 3.16. The van der Waals surface area contributed by atoms with Crippen molar-refractivity contribution < 1.29 is 37.3 Å². The number of rotatable bonds is 44. The lowest BCUT2D eigenvalue weighted by molar-refractivity contribution is -0.870. The van der Waals surface area contributed by atoms with Crippen LogP contribution in [0.4, 0.5) is 0 Å². The fourth-order valence-corrected chi connectivity index (χ4v) is 7.21. The summed E-state index contributed by atoms with van der Waals surface area (Å²) in [5.41, 5.74) is 0. The lowest BCUT2D eigenvalue weighted by Gasteiger charge is -2.24. The number of phosphoric acid groups is 1. The Labute approximate surface area is 353 Å². The lowest BCUT2D eigenvalue weighted by atomic mass is 10.1. The number of hydrogen-bond donors (Lipinski definition) is 1. The first-order valence-corrected chi connectivity index (χ1v) is 25.2. The van der Waals surface area contributed by atoms with Crippen LogP contribution in [0.25, 0.3) is 0 Å². The number of esters is 1. The van der Waals surface area contributed by atoms with Gasteiger partial charge in [-0.3, -0.25) is 13.8 Å². The van der Waals surface area contributed by atoms with Crippen molar-refractivity contribution in [2.75, 3.05) is 54.1 Å². The normalized spacial score (nSPS) is 14.0. The lowest BCUT2D eigenvalue weighted by Crippen LogP contribution is -2.37. The summed E-state index contributed by atoms with van der Waals surface area (Å²) in [6.45, 7) is 5.55. The molecule has 0 aliphatic carbocycles. The number of allylic oxidation sites excluding steroid dienone is 6. The molecule has 8 nitrogen and oxygen atoms in total. The van der Waals surface area contributed by atoms with Gasteiger partial charge in [0.2, 0.25) is 0 Å². The summed E-state index contributed by atoms with van der Waals surface area (Å²) in [5.74, 6) is -0.328. The van der Waals surface area contributed by atoms with Crippen molar-refractivity contribution in [1.29, 1.82) is 0 Å². The number of hydrogen-bond acceptors (Lipinski definition) is 6. The molecule has 0 rings (SSSR count). The maximum atomic E-state index is 12.7. The van der Waals surface area contributed by atoms with Crippen LogP contribution in [0.5, 0.6) is 0 Å². The SMILES string of the molecule is CCC/C=C\C/C=C\CCCCCCCC(=O)OC(COCCCCCCCCCCCC/C=C\CCCCCCCCCC)COP(=O)(O)OCC[N+](C)(C)C. The largest absolute Gasteiger partial charge is 0.472 e. The molecule has 0 aromatic heterocycles. The molecule has 0 aromatic carbocycles. The van der Waals surface area contributed by atoms with E-state index in [1.807, 2.05) is 21.1 Å². The number of unbranched alkanes of at least 4 members (excludes halogenated alkanes) is 24. The molecule has 57 heavy (non-hydrogen) atoms. The van der Waals surface area contributed by atoms with Gasteiger partial charge in [0.05, 0.1) is 34.4 Å². The summed E-state index contributed by atoms with van der Waals surface area (Å²) in [4.78, 5) is 22.9. The Morgan fingerprint density at radius 3 is 1.51 bits per heavy atom. The van der Waals surface area contributed by atoms with E-state index in [0.717, 1.165) is 64.2 Å². The highest BCUT2D eigenvalue weighted by atomic mass is 31.2. The van der Waals surface area contributed by atoms with Crippen LogP contribution in [0.2, 0.25) is 0 Å². The van der Waals surface area contributed by atoms with Gasteiger partial charge in [0.1, 0.15) is 19.3 Å². The molecule has 9 heteroatoms. The Balaban J connectivity index is 4.13. The van der Waals surface area contributed by atoms with E-state index in [0.29, 0.717) is 24.1 Å². The first-order valence-electron chi connectivity index (χ1n) is 23.7. The number of nitrogens with zero attached hydrogens (tertiary/aromatic N) is 1. The van der Waals surface area contributed by atoms with E-state index >= 15 is 0 Å². The maximum absolute atomic E-state index is 12.7. The molecule has 0 fully saturated rings. The summed E-state index contributed by atoms with van der Waals surface area (Å²) >= 11 is 0. The standard InChI is InChI=1S/C48H92NO7P/c1-6-8-10-12-14-16-18-20-21-22-23-24-25-26-27-28-30-32-34-36-38-40-43-53-45-47(46-55-57(51,52)54-44-42-49(3,4)5)56-48(50)41-39-37-35-33-31-29-19-17-15-13-11-9-7-2/h11,13,17,19,22-23,47H,6-10,12,14-16,18,20-21,24-46H2,1-5H3/p+1/b13-11-,19-17-,23-22-. The summed E-state index contributed by atoms with van der Waals surface area (Å²) in [5, 5.41) is 0. The van der Waals surface area contributed by atoms with Crippen LogP contribution in [-0.4, -0.2) is 75.6 Å². The minimum absolute atomic E-state index is 0.0855. The number of ether oxygens (including phenoxy) is 2. The molecule has 0 spiro atoms. The van der Waals surface area contributed by atoms with Crippen LogP contribution < -0.4 is 0 Å². The fraction of sp³-hybridized carbons (Fsp3) is 0.854. The molecular weight excluding hydrogens is 734 g/mol. The molecule has 336 valence electrons. The third kappa shape index (κ3) is 45.7. The van der Waals surface area contributed by atoms with Crippen molar-refractivity contribution in [2.24, 2.45) is 0 Å². The molecule has 2 atom stereocenters. The topological polar surface area (TPSA) is 91.3 Å². The second-order valence-electron chi connectivity index (χ2n) is 17.1. The number of carbonyl (C=O) groups is 1. The van der Waals surface area contributed by atoms with E-state index in [9.17, 15) is 14.3 Å². The summed E-state index contributed by atoms with van der Waals surface area (Å²) < 4.78 is 35.0. The van der Waals surface area contributed by atoms with Crippen LogP contribution in [0, 0.1) is 0 Å². The molecule has 2 unspecified atom stereocenters. The van der Waals surface area contributed by atoms with E-state index in [1.54, 1.807) is 0 Å². The molecule has 0 radical (unpaired) electrons. The van der Waals surface area contributed by atoms with Crippen LogP contribution >= 0.6 is 7.82 Å². The highest BCUT2D eigenvalue weighted by Crippen LogP contribution is 2.43. The second-order valence-corrected chi connectivity index (χ2v) is 18.6. The molecule has 0 amide bonds. The average molecular weight is 827 g/mol. The number of quaternary nitrogens is 1. The molecule has 0 aliphatic heterocycles. The van der Waals surface area contributed by atoms with E-state index in [-0.39, 0.29) is 25.8 Å². The summed E-state index contributed by atoms with van der Waals surface area (Å²) in [7, 11) is 1.66. The predicted molar refractivity (Wildman–Crippen MR) is 243 cm³/mol. The van der Waals surface area contributed by atoms with Gasteiger partial charge in [0.15, 0.2) is 0 Å². The Bertz CT molecular complexity index is 1010. The molecule has 0 aromatic rings. The van der Waals surface area contributed by atoms with E-state index in [1.165, 1.54) is 122 Å². The molecule has 0 aliphatic rings. The van der Waals surface area contributed by atoms with Crippen molar-refractivity contribution in [1.82, 2.24) is 0 Å². The van der Waals surface area contributed by atoms with E-state index in [2.05, 4.69) is 50.3 Å². The Morgan fingerprint density at radius 2 is 1.00 bits per heavy atom.